The quantitative estimate of drug-likeness (QED) is 0.818. The molecule has 2 aromatic rings. The van der Waals surface area contributed by atoms with Crippen LogP contribution >= 0.6 is 11.6 Å². The summed E-state index contributed by atoms with van der Waals surface area (Å²) >= 11 is 5.86. The summed E-state index contributed by atoms with van der Waals surface area (Å²) in [5, 5.41) is 4.45. The molecule has 1 unspecified atom stereocenters. The number of pyridine rings is 2. The fraction of sp³-hybridized carbons (Fsp3) is 0.385. The first-order chi connectivity index (χ1) is 9.08. The van der Waals surface area contributed by atoms with Crippen molar-refractivity contribution in [2.45, 2.75) is 18.3 Å². The Morgan fingerprint density at radius 2 is 2.21 bits per heavy atom. The Balaban J connectivity index is 2.16. The molecule has 0 aliphatic carbocycles. The molecule has 100 valence electrons. The molecule has 1 fully saturated rings. The summed E-state index contributed by atoms with van der Waals surface area (Å²) in [6.45, 7) is 0.256. The Bertz CT molecular complexity index is 618. The zero-order chi connectivity index (χ0) is 13.5. The maximum absolute atomic E-state index is 14.0. The van der Waals surface area contributed by atoms with Gasteiger partial charge in [-0.25, -0.2) is 13.8 Å². The number of piperidine rings is 1. The van der Waals surface area contributed by atoms with Crippen LogP contribution in [0.25, 0.3) is 10.8 Å². The van der Waals surface area contributed by atoms with E-state index in [2.05, 4.69) is 15.3 Å². The Morgan fingerprint density at radius 3 is 3.00 bits per heavy atom. The van der Waals surface area contributed by atoms with Gasteiger partial charge in [0.1, 0.15) is 5.15 Å². The molecule has 3 heterocycles. The minimum absolute atomic E-state index is 0.291. The van der Waals surface area contributed by atoms with E-state index < -0.39 is 11.8 Å². The van der Waals surface area contributed by atoms with Gasteiger partial charge in [0.2, 0.25) is 0 Å². The Kier molecular flexibility index (Phi) is 3.11. The Hall–Kier alpha value is -1.33. The van der Waals surface area contributed by atoms with E-state index in [0.29, 0.717) is 29.2 Å². The number of fused-ring (bicyclic) bond motifs is 1. The molecule has 0 amide bonds. The van der Waals surface area contributed by atoms with Crippen LogP contribution in [0, 0.1) is 0 Å². The van der Waals surface area contributed by atoms with E-state index in [9.17, 15) is 8.78 Å². The third-order valence-corrected chi connectivity index (χ3v) is 3.66. The molecular weight excluding hydrogens is 272 g/mol. The molecule has 0 spiro atoms. The van der Waals surface area contributed by atoms with Gasteiger partial charge in [0.15, 0.2) is 0 Å². The smallest absolute Gasteiger partial charge is 0.268 e. The molecule has 0 bridgehead atoms. The van der Waals surface area contributed by atoms with Gasteiger partial charge in [0, 0.05) is 23.2 Å². The molecule has 1 atom stereocenters. The highest BCUT2D eigenvalue weighted by Crippen LogP contribution is 2.39. The largest absolute Gasteiger partial charge is 0.311 e. The highest BCUT2D eigenvalue weighted by molar-refractivity contribution is 6.30. The second-order valence-corrected chi connectivity index (χ2v) is 5.09. The van der Waals surface area contributed by atoms with Crippen LogP contribution in [0.15, 0.2) is 24.5 Å². The summed E-state index contributed by atoms with van der Waals surface area (Å²) in [6, 6.07) is 3.36. The van der Waals surface area contributed by atoms with Crippen molar-refractivity contribution < 1.29 is 8.78 Å². The lowest BCUT2D eigenvalue weighted by Crippen LogP contribution is -2.45. The van der Waals surface area contributed by atoms with Crippen molar-refractivity contribution in [2.75, 3.05) is 13.1 Å². The molecule has 0 saturated carbocycles. The zero-order valence-corrected chi connectivity index (χ0v) is 10.8. The molecule has 0 aromatic carbocycles. The molecule has 2 aromatic heterocycles. The van der Waals surface area contributed by atoms with Crippen LogP contribution in [0.4, 0.5) is 8.78 Å². The molecular formula is C13H12ClF2N3. The third-order valence-electron chi connectivity index (χ3n) is 3.46. The maximum atomic E-state index is 14.0. The van der Waals surface area contributed by atoms with E-state index in [-0.39, 0.29) is 6.54 Å². The van der Waals surface area contributed by atoms with Crippen LogP contribution in [0.1, 0.15) is 18.0 Å². The van der Waals surface area contributed by atoms with Gasteiger partial charge in [-0.3, -0.25) is 4.98 Å². The minimum atomic E-state index is -2.80. The summed E-state index contributed by atoms with van der Waals surface area (Å²) in [5.74, 6) is -3.68. The zero-order valence-electron chi connectivity index (χ0n) is 10.0. The van der Waals surface area contributed by atoms with Crippen LogP contribution < -0.4 is 5.32 Å². The van der Waals surface area contributed by atoms with Crippen molar-refractivity contribution in [3.8, 4) is 0 Å². The standard InChI is InChI=1S/C13H12ClF2N3/c14-11-5-9-8(6-19-11)1-4-18-12(9)10-2-3-17-7-13(10,15)16/h1,4-6,10,17H,2-3,7H2. The predicted molar refractivity (Wildman–Crippen MR) is 69.7 cm³/mol. The lowest BCUT2D eigenvalue weighted by molar-refractivity contribution is -0.0427. The number of halogens is 3. The molecule has 6 heteroatoms. The first-order valence-corrected chi connectivity index (χ1v) is 6.44. The lowest BCUT2D eigenvalue weighted by Gasteiger charge is -2.32. The van der Waals surface area contributed by atoms with Crippen molar-refractivity contribution in [3.63, 3.8) is 0 Å². The fourth-order valence-corrected chi connectivity index (χ4v) is 2.67. The van der Waals surface area contributed by atoms with Crippen LogP contribution in [0.3, 0.4) is 0 Å². The van der Waals surface area contributed by atoms with E-state index in [1.54, 1.807) is 24.5 Å². The topological polar surface area (TPSA) is 37.8 Å². The number of aromatic nitrogens is 2. The number of alkyl halides is 2. The first kappa shape index (κ1) is 12.7. The molecule has 0 radical (unpaired) electrons. The predicted octanol–water partition coefficient (Wildman–Crippen LogP) is 3.00. The third kappa shape index (κ3) is 2.28. The van der Waals surface area contributed by atoms with Gasteiger partial charge in [0.05, 0.1) is 18.2 Å². The van der Waals surface area contributed by atoms with Crippen LogP contribution in [-0.2, 0) is 0 Å². The monoisotopic (exact) mass is 283 g/mol. The second kappa shape index (κ2) is 4.65. The van der Waals surface area contributed by atoms with E-state index >= 15 is 0 Å². The summed E-state index contributed by atoms with van der Waals surface area (Å²) in [6.07, 6.45) is 3.49. The fourth-order valence-electron chi connectivity index (χ4n) is 2.51. The number of hydrogen-bond donors (Lipinski definition) is 1. The molecule has 3 rings (SSSR count). The van der Waals surface area contributed by atoms with Crippen molar-refractivity contribution in [1.29, 1.82) is 0 Å². The van der Waals surface area contributed by atoms with Crippen LogP contribution in [0.5, 0.6) is 0 Å². The highest BCUT2D eigenvalue weighted by atomic mass is 35.5. The van der Waals surface area contributed by atoms with Crippen molar-refractivity contribution in [1.82, 2.24) is 15.3 Å². The lowest BCUT2D eigenvalue weighted by atomic mass is 9.88. The molecule has 1 aliphatic heterocycles. The van der Waals surface area contributed by atoms with Gasteiger partial charge in [-0.05, 0) is 25.1 Å². The normalized spacial score (nSPS) is 22.6. The summed E-state index contributed by atoms with van der Waals surface area (Å²) in [4.78, 5) is 8.14. The van der Waals surface area contributed by atoms with E-state index in [1.807, 2.05) is 0 Å². The number of nitrogens with zero attached hydrogens (tertiary/aromatic N) is 2. The molecule has 3 nitrogen and oxygen atoms in total. The van der Waals surface area contributed by atoms with E-state index in [4.69, 9.17) is 11.6 Å². The number of hydrogen-bond acceptors (Lipinski definition) is 3. The summed E-state index contributed by atoms with van der Waals surface area (Å²) < 4.78 is 28.1. The van der Waals surface area contributed by atoms with Gasteiger partial charge < -0.3 is 5.32 Å². The highest BCUT2D eigenvalue weighted by Gasteiger charge is 2.43. The molecule has 1 saturated heterocycles. The van der Waals surface area contributed by atoms with Crippen LogP contribution in [-0.4, -0.2) is 29.0 Å². The van der Waals surface area contributed by atoms with Gasteiger partial charge in [0.25, 0.3) is 5.92 Å². The van der Waals surface area contributed by atoms with Gasteiger partial charge in [-0.1, -0.05) is 11.6 Å². The second-order valence-electron chi connectivity index (χ2n) is 4.70. The minimum Gasteiger partial charge on any atom is -0.311 e. The van der Waals surface area contributed by atoms with E-state index in [1.165, 1.54) is 0 Å². The molecule has 1 aliphatic rings. The van der Waals surface area contributed by atoms with Crippen LogP contribution in [0.2, 0.25) is 5.15 Å². The Morgan fingerprint density at radius 1 is 1.37 bits per heavy atom. The number of rotatable bonds is 1. The van der Waals surface area contributed by atoms with Crippen molar-refractivity contribution >= 4 is 22.4 Å². The van der Waals surface area contributed by atoms with Gasteiger partial charge in [-0.15, -0.1) is 0 Å². The summed E-state index contributed by atoms with van der Waals surface area (Å²) in [5.41, 5.74) is 0.410. The molecule has 1 N–H and O–H groups in total. The van der Waals surface area contributed by atoms with Crippen molar-refractivity contribution in [3.05, 3.63) is 35.4 Å². The average molecular weight is 284 g/mol. The number of nitrogens with one attached hydrogen (secondary N) is 1. The maximum Gasteiger partial charge on any atom is 0.268 e. The van der Waals surface area contributed by atoms with Crippen molar-refractivity contribution in [2.24, 2.45) is 0 Å². The molecule has 19 heavy (non-hydrogen) atoms. The average Bonchev–Trinajstić information content (AvgIpc) is 2.38. The van der Waals surface area contributed by atoms with Gasteiger partial charge >= 0.3 is 0 Å². The first-order valence-electron chi connectivity index (χ1n) is 6.06. The Labute approximate surface area is 114 Å². The summed E-state index contributed by atoms with van der Waals surface area (Å²) in [7, 11) is 0. The van der Waals surface area contributed by atoms with E-state index in [0.717, 1.165) is 5.39 Å². The van der Waals surface area contributed by atoms with Gasteiger partial charge in [-0.2, -0.15) is 0 Å². The SMILES string of the molecule is FC1(F)CNCCC1c1nccc2cnc(Cl)cc12.